The molecule has 2 unspecified atom stereocenters. The minimum absolute atomic E-state index is 0.0496. The van der Waals surface area contributed by atoms with Crippen molar-refractivity contribution in [3.8, 4) is 5.75 Å². The van der Waals surface area contributed by atoms with E-state index in [0.29, 0.717) is 5.75 Å². The van der Waals surface area contributed by atoms with Crippen molar-refractivity contribution in [1.82, 2.24) is 9.80 Å². The molecule has 1 aliphatic heterocycles. The maximum Gasteiger partial charge on any atom is 0.338 e. The number of likely N-dealkylation sites (tertiary alicyclic amines) is 1. The van der Waals surface area contributed by atoms with Crippen LogP contribution in [0.4, 0.5) is 4.39 Å². The molecule has 0 saturated carbocycles. The van der Waals surface area contributed by atoms with Gasteiger partial charge in [-0.25, -0.2) is 9.18 Å². The van der Waals surface area contributed by atoms with Crippen LogP contribution in [0.2, 0.25) is 0 Å². The van der Waals surface area contributed by atoms with E-state index in [2.05, 4.69) is 13.8 Å². The molecule has 2 aromatic carbocycles. The molecule has 0 aliphatic carbocycles. The SMILES string of the molecule is CC1CCCC(C)N1C(=O)COc1ccc(C(=O)OCC(=O)N(C)Cc2ccc(F)cc2)cc1. The molecule has 0 bridgehead atoms. The van der Waals surface area contributed by atoms with Crippen LogP contribution < -0.4 is 4.74 Å². The monoisotopic (exact) mass is 470 g/mol. The molecule has 1 heterocycles. The predicted octanol–water partition coefficient (Wildman–Crippen LogP) is 3.81. The maximum absolute atomic E-state index is 13.0. The average Bonchev–Trinajstić information content (AvgIpc) is 2.82. The number of piperidine rings is 1. The third kappa shape index (κ3) is 6.79. The molecule has 2 aromatic rings. The van der Waals surface area contributed by atoms with Gasteiger partial charge < -0.3 is 19.3 Å². The number of likely N-dealkylation sites (N-methyl/N-ethyl adjacent to an activating group) is 1. The summed E-state index contributed by atoms with van der Waals surface area (Å²) in [5.74, 6) is -0.941. The summed E-state index contributed by atoms with van der Waals surface area (Å²) in [5, 5.41) is 0. The van der Waals surface area contributed by atoms with Crippen LogP contribution in [-0.4, -0.2) is 59.9 Å². The first-order valence-corrected chi connectivity index (χ1v) is 11.4. The predicted molar refractivity (Wildman–Crippen MR) is 125 cm³/mol. The van der Waals surface area contributed by atoms with Gasteiger partial charge in [0.25, 0.3) is 11.8 Å². The Labute approximate surface area is 199 Å². The normalized spacial score (nSPS) is 17.7. The Balaban J connectivity index is 1.44. The second kappa shape index (κ2) is 11.6. The number of hydrogen-bond donors (Lipinski definition) is 0. The highest BCUT2D eigenvalue weighted by Crippen LogP contribution is 2.23. The van der Waals surface area contributed by atoms with Gasteiger partial charge in [0.1, 0.15) is 11.6 Å². The summed E-state index contributed by atoms with van der Waals surface area (Å²) in [6.07, 6.45) is 3.12. The standard InChI is InChI=1S/C26H31FN2O5/c1-18-5-4-6-19(2)29(18)25(31)17-33-23-13-9-21(10-14-23)26(32)34-16-24(30)28(3)15-20-7-11-22(27)12-8-20/h7-14,18-19H,4-6,15-17H2,1-3H3. The quantitative estimate of drug-likeness (QED) is 0.549. The summed E-state index contributed by atoms with van der Waals surface area (Å²) in [4.78, 5) is 40.4. The Hall–Kier alpha value is -3.42. The van der Waals surface area contributed by atoms with Gasteiger partial charge in [0, 0.05) is 25.7 Å². The maximum atomic E-state index is 13.0. The van der Waals surface area contributed by atoms with Crippen LogP contribution in [0.15, 0.2) is 48.5 Å². The van der Waals surface area contributed by atoms with E-state index in [1.165, 1.54) is 29.2 Å². The smallest absolute Gasteiger partial charge is 0.338 e. The number of rotatable bonds is 8. The van der Waals surface area contributed by atoms with Gasteiger partial charge in [0.15, 0.2) is 13.2 Å². The van der Waals surface area contributed by atoms with Crippen LogP contribution in [0.25, 0.3) is 0 Å². The Morgan fingerprint density at radius 2 is 1.59 bits per heavy atom. The summed E-state index contributed by atoms with van der Waals surface area (Å²) in [7, 11) is 1.58. The highest BCUT2D eigenvalue weighted by Gasteiger charge is 2.29. The van der Waals surface area contributed by atoms with Gasteiger partial charge >= 0.3 is 5.97 Å². The fraction of sp³-hybridized carbons (Fsp3) is 0.423. The highest BCUT2D eigenvalue weighted by molar-refractivity contribution is 5.91. The summed E-state index contributed by atoms with van der Waals surface area (Å²) < 4.78 is 23.7. The zero-order valence-corrected chi connectivity index (χ0v) is 19.8. The first-order chi connectivity index (χ1) is 16.2. The van der Waals surface area contributed by atoms with Crippen molar-refractivity contribution >= 4 is 17.8 Å². The fourth-order valence-corrected chi connectivity index (χ4v) is 4.09. The van der Waals surface area contributed by atoms with E-state index >= 15 is 0 Å². The van der Waals surface area contributed by atoms with Gasteiger partial charge in [0.05, 0.1) is 5.56 Å². The lowest BCUT2D eigenvalue weighted by Crippen LogP contribution is -2.49. The van der Waals surface area contributed by atoms with Crippen LogP contribution in [0, 0.1) is 5.82 Å². The lowest BCUT2D eigenvalue weighted by Gasteiger charge is -2.38. The third-order valence-electron chi connectivity index (χ3n) is 6.02. The van der Waals surface area contributed by atoms with Crippen LogP contribution >= 0.6 is 0 Å². The van der Waals surface area contributed by atoms with Gasteiger partial charge in [-0.05, 0) is 75.1 Å². The summed E-state index contributed by atoms with van der Waals surface area (Å²) in [6, 6.07) is 12.5. The van der Waals surface area contributed by atoms with E-state index in [1.807, 2.05) is 4.90 Å². The number of carbonyl (C=O) groups is 3. The Kier molecular flexibility index (Phi) is 8.62. The molecule has 8 heteroatoms. The topological polar surface area (TPSA) is 76.1 Å². The number of esters is 1. The lowest BCUT2D eigenvalue weighted by molar-refractivity contribution is -0.139. The molecule has 1 fully saturated rings. The first kappa shape index (κ1) is 25.2. The minimum Gasteiger partial charge on any atom is -0.484 e. The van der Waals surface area contributed by atoms with Crippen LogP contribution in [-0.2, 0) is 20.9 Å². The number of ether oxygens (including phenoxy) is 2. The largest absolute Gasteiger partial charge is 0.484 e. The second-order valence-corrected chi connectivity index (χ2v) is 8.70. The second-order valence-electron chi connectivity index (χ2n) is 8.70. The van der Waals surface area contributed by atoms with Crippen molar-refractivity contribution in [2.75, 3.05) is 20.3 Å². The molecule has 1 saturated heterocycles. The molecule has 2 atom stereocenters. The van der Waals surface area contributed by atoms with E-state index in [4.69, 9.17) is 9.47 Å². The van der Waals surface area contributed by atoms with E-state index < -0.39 is 12.6 Å². The van der Waals surface area contributed by atoms with Crippen molar-refractivity contribution in [2.24, 2.45) is 0 Å². The molecular formula is C26H31FN2O5. The first-order valence-electron chi connectivity index (χ1n) is 11.4. The molecular weight excluding hydrogens is 439 g/mol. The number of nitrogens with zero attached hydrogens (tertiary/aromatic N) is 2. The molecule has 34 heavy (non-hydrogen) atoms. The summed E-state index contributed by atoms with van der Waals surface area (Å²) in [5.41, 5.74) is 1.03. The van der Waals surface area contributed by atoms with Crippen molar-refractivity contribution in [1.29, 1.82) is 0 Å². The van der Waals surface area contributed by atoms with Gasteiger partial charge in [-0.1, -0.05) is 12.1 Å². The Bertz CT molecular complexity index is 983. The van der Waals surface area contributed by atoms with Crippen molar-refractivity contribution in [3.05, 3.63) is 65.5 Å². The van der Waals surface area contributed by atoms with Crippen LogP contribution in [0.3, 0.4) is 0 Å². The zero-order valence-electron chi connectivity index (χ0n) is 19.8. The molecule has 2 amide bonds. The summed E-state index contributed by atoms with van der Waals surface area (Å²) in [6.45, 7) is 3.91. The third-order valence-corrected chi connectivity index (χ3v) is 6.02. The van der Waals surface area contributed by atoms with Crippen molar-refractivity contribution in [3.63, 3.8) is 0 Å². The van der Waals surface area contributed by atoms with Gasteiger partial charge in [-0.3, -0.25) is 9.59 Å². The molecule has 1 aliphatic rings. The van der Waals surface area contributed by atoms with Gasteiger partial charge in [-0.15, -0.1) is 0 Å². The number of halogens is 1. The highest BCUT2D eigenvalue weighted by atomic mass is 19.1. The lowest BCUT2D eigenvalue weighted by atomic mass is 9.97. The van der Waals surface area contributed by atoms with Crippen LogP contribution in [0.5, 0.6) is 5.75 Å². The Morgan fingerprint density at radius 3 is 2.21 bits per heavy atom. The molecule has 0 radical (unpaired) electrons. The minimum atomic E-state index is -0.637. The molecule has 0 aromatic heterocycles. The molecule has 3 rings (SSSR count). The molecule has 0 spiro atoms. The van der Waals surface area contributed by atoms with E-state index in [0.717, 1.165) is 24.8 Å². The van der Waals surface area contributed by atoms with Crippen molar-refractivity contribution in [2.45, 2.75) is 51.7 Å². The van der Waals surface area contributed by atoms with Gasteiger partial charge in [-0.2, -0.15) is 0 Å². The van der Waals surface area contributed by atoms with Gasteiger partial charge in [0.2, 0.25) is 0 Å². The molecule has 7 nitrogen and oxygen atoms in total. The molecule has 182 valence electrons. The number of hydrogen-bond acceptors (Lipinski definition) is 5. The van der Waals surface area contributed by atoms with E-state index in [1.54, 1.807) is 31.3 Å². The number of benzene rings is 2. The van der Waals surface area contributed by atoms with Crippen LogP contribution in [0.1, 0.15) is 49.0 Å². The van der Waals surface area contributed by atoms with Crippen molar-refractivity contribution < 1.29 is 28.2 Å². The number of amides is 2. The zero-order chi connectivity index (χ0) is 24.7. The Morgan fingerprint density at radius 1 is 0.971 bits per heavy atom. The summed E-state index contributed by atoms with van der Waals surface area (Å²) >= 11 is 0. The fourth-order valence-electron chi connectivity index (χ4n) is 4.09. The van der Waals surface area contributed by atoms with E-state index in [9.17, 15) is 18.8 Å². The average molecular weight is 471 g/mol. The molecule has 0 N–H and O–H groups in total. The number of carbonyl (C=O) groups excluding carboxylic acids is 3. The van der Waals surface area contributed by atoms with E-state index in [-0.39, 0.29) is 48.4 Å².